The highest BCUT2D eigenvalue weighted by Gasteiger charge is 2.16. The van der Waals surface area contributed by atoms with Gasteiger partial charge in [-0.25, -0.2) is 0 Å². The van der Waals surface area contributed by atoms with Crippen LogP contribution in [0.4, 0.5) is 0 Å². The molecule has 2 aromatic rings. The number of allylic oxidation sites excluding steroid dienone is 3. The molecule has 0 aliphatic rings. The van der Waals surface area contributed by atoms with Crippen molar-refractivity contribution in [3.05, 3.63) is 83.0 Å². The molecule has 0 saturated carbocycles. The first-order chi connectivity index (χ1) is 14.0. The first-order valence-electron chi connectivity index (χ1n) is 9.95. The summed E-state index contributed by atoms with van der Waals surface area (Å²) < 4.78 is 17.7. The summed E-state index contributed by atoms with van der Waals surface area (Å²) in [5, 5.41) is 0. The van der Waals surface area contributed by atoms with Gasteiger partial charge in [-0.15, -0.1) is 0 Å². The third-order valence-electron chi connectivity index (χ3n) is 4.26. The zero-order valence-corrected chi connectivity index (χ0v) is 18.2. The Kier molecular flexibility index (Phi) is 9.10. The fourth-order valence-electron chi connectivity index (χ4n) is 2.67. The maximum Gasteiger partial charge on any atom is 0.204 e. The van der Waals surface area contributed by atoms with Crippen molar-refractivity contribution >= 4 is 6.08 Å². The van der Waals surface area contributed by atoms with Crippen LogP contribution in [0.2, 0.25) is 0 Å². The predicted molar refractivity (Wildman–Crippen MR) is 122 cm³/mol. The van der Waals surface area contributed by atoms with E-state index < -0.39 is 0 Å². The molecule has 0 fully saturated rings. The molecule has 2 rings (SSSR count). The van der Waals surface area contributed by atoms with E-state index in [2.05, 4.69) is 58.1 Å². The van der Waals surface area contributed by atoms with E-state index in [-0.39, 0.29) is 0 Å². The molecule has 0 bridgehead atoms. The molecule has 3 nitrogen and oxygen atoms in total. The molecule has 0 heterocycles. The molecule has 29 heavy (non-hydrogen) atoms. The van der Waals surface area contributed by atoms with Gasteiger partial charge < -0.3 is 14.2 Å². The number of methoxy groups -OCH3 is 1. The van der Waals surface area contributed by atoms with E-state index in [1.807, 2.05) is 36.4 Å². The van der Waals surface area contributed by atoms with Crippen LogP contribution in [0.25, 0.3) is 6.08 Å². The second kappa shape index (κ2) is 11.8. The summed E-state index contributed by atoms with van der Waals surface area (Å²) in [5.74, 6) is 2.06. The number of benzene rings is 2. The van der Waals surface area contributed by atoms with Gasteiger partial charge in [-0.2, -0.15) is 0 Å². The monoisotopic (exact) mass is 392 g/mol. The molecule has 154 valence electrons. The molecule has 0 amide bonds. The lowest BCUT2D eigenvalue weighted by Crippen LogP contribution is -2.05. The minimum atomic E-state index is 0.473. The van der Waals surface area contributed by atoms with Crippen molar-refractivity contribution in [2.45, 2.75) is 34.1 Å². The summed E-state index contributed by atoms with van der Waals surface area (Å²) in [5.41, 5.74) is 4.66. The van der Waals surface area contributed by atoms with Gasteiger partial charge in [0.25, 0.3) is 0 Å². The van der Waals surface area contributed by atoms with Crippen LogP contribution >= 0.6 is 0 Å². The predicted octanol–water partition coefficient (Wildman–Crippen LogP) is 6.64. The Bertz CT molecular complexity index is 853. The van der Waals surface area contributed by atoms with E-state index in [0.717, 1.165) is 17.7 Å². The van der Waals surface area contributed by atoms with Crippen molar-refractivity contribution in [2.75, 3.05) is 20.3 Å². The van der Waals surface area contributed by atoms with E-state index in [0.29, 0.717) is 24.7 Å². The van der Waals surface area contributed by atoms with Crippen molar-refractivity contribution in [1.82, 2.24) is 0 Å². The average Bonchev–Trinajstić information content (AvgIpc) is 2.69. The minimum absolute atomic E-state index is 0.473. The lowest BCUT2D eigenvalue weighted by atomic mass is 10.1. The fraction of sp³-hybridized carbons (Fsp3) is 0.308. The molecule has 0 saturated heterocycles. The van der Waals surface area contributed by atoms with Crippen LogP contribution in [0.5, 0.6) is 17.2 Å². The van der Waals surface area contributed by atoms with Crippen LogP contribution in [-0.4, -0.2) is 20.3 Å². The van der Waals surface area contributed by atoms with Gasteiger partial charge in [-0.05, 0) is 57.9 Å². The SMILES string of the molecule is COc1ccc(C/C=C/c2ccccc2)c(OCC=C(C)C)c1OCC=C(C)C. The van der Waals surface area contributed by atoms with E-state index in [1.165, 1.54) is 16.7 Å². The highest BCUT2D eigenvalue weighted by Crippen LogP contribution is 2.40. The summed E-state index contributed by atoms with van der Waals surface area (Å²) in [7, 11) is 1.65. The van der Waals surface area contributed by atoms with Crippen LogP contribution in [0.15, 0.2) is 71.8 Å². The van der Waals surface area contributed by atoms with Gasteiger partial charge in [0, 0.05) is 5.56 Å². The van der Waals surface area contributed by atoms with Crippen molar-refractivity contribution in [3.8, 4) is 17.2 Å². The molecule has 0 aliphatic heterocycles. The van der Waals surface area contributed by atoms with Crippen LogP contribution in [-0.2, 0) is 6.42 Å². The van der Waals surface area contributed by atoms with Crippen molar-refractivity contribution in [1.29, 1.82) is 0 Å². The highest BCUT2D eigenvalue weighted by atomic mass is 16.5. The Balaban J connectivity index is 2.32. The molecule has 0 radical (unpaired) electrons. The normalized spacial score (nSPS) is 10.5. The fourth-order valence-corrected chi connectivity index (χ4v) is 2.67. The molecule has 0 unspecified atom stereocenters. The van der Waals surface area contributed by atoms with E-state index in [4.69, 9.17) is 14.2 Å². The van der Waals surface area contributed by atoms with E-state index >= 15 is 0 Å². The molecule has 0 N–H and O–H groups in total. The third kappa shape index (κ3) is 7.53. The van der Waals surface area contributed by atoms with Crippen molar-refractivity contribution in [3.63, 3.8) is 0 Å². The Morgan fingerprint density at radius 1 is 0.793 bits per heavy atom. The number of hydrogen-bond donors (Lipinski definition) is 0. The van der Waals surface area contributed by atoms with Gasteiger partial charge in [0.05, 0.1) is 7.11 Å². The Morgan fingerprint density at radius 2 is 1.41 bits per heavy atom. The summed E-state index contributed by atoms with van der Waals surface area (Å²) >= 11 is 0. The van der Waals surface area contributed by atoms with Crippen molar-refractivity contribution < 1.29 is 14.2 Å². The molecule has 0 spiro atoms. The van der Waals surface area contributed by atoms with Crippen LogP contribution in [0.3, 0.4) is 0 Å². The lowest BCUT2D eigenvalue weighted by Gasteiger charge is -2.18. The topological polar surface area (TPSA) is 27.7 Å². The third-order valence-corrected chi connectivity index (χ3v) is 4.26. The number of hydrogen-bond acceptors (Lipinski definition) is 3. The lowest BCUT2D eigenvalue weighted by molar-refractivity contribution is 0.286. The molecular weight excluding hydrogens is 360 g/mol. The second-order valence-corrected chi connectivity index (χ2v) is 7.29. The van der Waals surface area contributed by atoms with Crippen molar-refractivity contribution in [2.24, 2.45) is 0 Å². The average molecular weight is 393 g/mol. The van der Waals surface area contributed by atoms with E-state index in [9.17, 15) is 0 Å². The zero-order valence-electron chi connectivity index (χ0n) is 18.2. The Hall–Kier alpha value is -2.94. The molecular formula is C26H32O3. The summed E-state index contributed by atoms with van der Waals surface area (Å²) in [4.78, 5) is 0. The van der Waals surface area contributed by atoms with Crippen LogP contribution in [0, 0.1) is 0 Å². The van der Waals surface area contributed by atoms with Crippen LogP contribution in [0.1, 0.15) is 38.8 Å². The molecule has 3 heteroatoms. The zero-order chi connectivity index (χ0) is 21.1. The van der Waals surface area contributed by atoms with Gasteiger partial charge in [0.15, 0.2) is 11.5 Å². The molecule has 0 aromatic heterocycles. The second-order valence-electron chi connectivity index (χ2n) is 7.29. The summed E-state index contributed by atoms with van der Waals surface area (Å²) in [6.07, 6.45) is 9.10. The minimum Gasteiger partial charge on any atom is -0.493 e. The van der Waals surface area contributed by atoms with E-state index in [1.54, 1.807) is 7.11 Å². The quantitative estimate of drug-likeness (QED) is 0.424. The van der Waals surface area contributed by atoms with Gasteiger partial charge in [-0.1, -0.05) is 59.7 Å². The maximum absolute atomic E-state index is 6.15. The highest BCUT2D eigenvalue weighted by molar-refractivity contribution is 5.57. The van der Waals surface area contributed by atoms with Gasteiger partial charge in [0.1, 0.15) is 13.2 Å². The molecule has 2 aromatic carbocycles. The first kappa shape index (κ1) is 22.4. The Labute approximate surface area is 175 Å². The number of rotatable bonds is 10. The number of ether oxygens (including phenoxy) is 3. The Morgan fingerprint density at radius 3 is 2.00 bits per heavy atom. The largest absolute Gasteiger partial charge is 0.493 e. The standard InChI is InChI=1S/C26H32O3/c1-20(2)16-18-28-25-23(13-9-12-22-10-7-6-8-11-22)14-15-24(27-5)26(25)29-19-17-21(3)4/h6-12,14-17H,13,18-19H2,1-5H3/b12-9+. The maximum atomic E-state index is 6.15. The van der Waals surface area contributed by atoms with Crippen LogP contribution < -0.4 is 14.2 Å². The van der Waals surface area contributed by atoms with Gasteiger partial charge in [-0.3, -0.25) is 0 Å². The smallest absolute Gasteiger partial charge is 0.204 e. The first-order valence-corrected chi connectivity index (χ1v) is 9.95. The summed E-state index contributed by atoms with van der Waals surface area (Å²) in [6, 6.07) is 14.3. The van der Waals surface area contributed by atoms with Gasteiger partial charge in [0.2, 0.25) is 5.75 Å². The van der Waals surface area contributed by atoms with Gasteiger partial charge >= 0.3 is 0 Å². The molecule has 0 aliphatic carbocycles. The molecule has 0 atom stereocenters. The summed E-state index contributed by atoms with van der Waals surface area (Å²) in [6.45, 7) is 9.19.